The first-order valence-electron chi connectivity index (χ1n) is 9.01. The fraction of sp³-hybridized carbons (Fsp3) is 0.333. The van der Waals surface area contributed by atoms with Crippen LogP contribution in [0.25, 0.3) is 0 Å². The first-order valence-corrected chi connectivity index (χ1v) is 9.99. The second-order valence-electron chi connectivity index (χ2n) is 7.75. The van der Waals surface area contributed by atoms with E-state index in [2.05, 4.69) is 31.0 Å². The lowest BCUT2D eigenvalue weighted by atomic mass is 9.87. The third-order valence-corrected chi connectivity index (χ3v) is 5.45. The fourth-order valence-electron chi connectivity index (χ4n) is 2.77. The summed E-state index contributed by atoms with van der Waals surface area (Å²) in [5.74, 6) is -1.04. The average molecular weight is 423 g/mol. The Hall–Kier alpha value is -2.35. The van der Waals surface area contributed by atoms with Crippen molar-refractivity contribution in [3.05, 3.63) is 76.9 Å². The van der Waals surface area contributed by atoms with Crippen LogP contribution in [0.2, 0.25) is 0 Å². The minimum Gasteiger partial charge on any atom is -0.294 e. The molecule has 0 bridgehead atoms. The molecule has 0 spiro atoms. The van der Waals surface area contributed by atoms with Gasteiger partial charge in [0.1, 0.15) is 5.82 Å². The van der Waals surface area contributed by atoms with Gasteiger partial charge < -0.3 is 0 Å². The molecule has 2 aromatic carbocycles. The molecule has 0 fully saturated rings. The Morgan fingerprint density at radius 3 is 2.00 bits per heavy atom. The second kappa shape index (κ2) is 8.18. The standard InChI is InChI=1S/C21H21F4N3S/c1-20(2,3)16-8-4-15(5-9-16)13-29-19-27-26-18(21(23,24)25)28(19)12-14-6-10-17(22)11-7-14/h4-11H,12-13H2,1-3H3. The highest BCUT2D eigenvalue weighted by molar-refractivity contribution is 7.98. The molecule has 0 amide bonds. The maximum Gasteiger partial charge on any atom is 0.451 e. The van der Waals surface area contributed by atoms with Crippen LogP contribution in [0.1, 0.15) is 43.3 Å². The van der Waals surface area contributed by atoms with Gasteiger partial charge in [-0.15, -0.1) is 10.2 Å². The Bertz CT molecular complexity index is 956. The molecule has 0 atom stereocenters. The Kier molecular flexibility index (Phi) is 6.03. The quantitative estimate of drug-likeness (QED) is 0.368. The van der Waals surface area contributed by atoms with Crippen LogP contribution in [0.5, 0.6) is 0 Å². The van der Waals surface area contributed by atoms with E-state index in [1.54, 1.807) is 0 Å². The molecule has 0 saturated carbocycles. The number of halogens is 4. The van der Waals surface area contributed by atoms with Gasteiger partial charge in [-0.3, -0.25) is 4.57 Å². The molecule has 3 rings (SSSR count). The topological polar surface area (TPSA) is 30.7 Å². The van der Waals surface area contributed by atoms with Crippen LogP contribution in [0.3, 0.4) is 0 Å². The molecule has 8 heteroatoms. The highest BCUT2D eigenvalue weighted by atomic mass is 32.2. The predicted molar refractivity (Wildman–Crippen MR) is 105 cm³/mol. The van der Waals surface area contributed by atoms with E-state index in [9.17, 15) is 17.6 Å². The van der Waals surface area contributed by atoms with Gasteiger partial charge in [0.05, 0.1) is 6.54 Å². The lowest BCUT2D eigenvalue weighted by Crippen LogP contribution is -2.16. The highest BCUT2D eigenvalue weighted by Gasteiger charge is 2.38. The van der Waals surface area contributed by atoms with Crippen molar-refractivity contribution in [1.29, 1.82) is 0 Å². The zero-order valence-electron chi connectivity index (χ0n) is 16.3. The molecule has 0 aliphatic carbocycles. The number of alkyl halides is 3. The number of rotatable bonds is 5. The molecular formula is C21H21F4N3S. The lowest BCUT2D eigenvalue weighted by molar-refractivity contribution is -0.147. The van der Waals surface area contributed by atoms with Crippen LogP contribution >= 0.6 is 11.8 Å². The van der Waals surface area contributed by atoms with Crippen molar-refractivity contribution in [3.8, 4) is 0 Å². The van der Waals surface area contributed by atoms with Gasteiger partial charge in [0, 0.05) is 5.75 Å². The minimum atomic E-state index is -4.62. The Morgan fingerprint density at radius 1 is 0.862 bits per heavy atom. The molecule has 0 saturated heterocycles. The molecule has 1 aromatic heterocycles. The number of thioether (sulfide) groups is 1. The molecule has 0 radical (unpaired) electrons. The van der Waals surface area contributed by atoms with E-state index in [4.69, 9.17) is 0 Å². The van der Waals surface area contributed by atoms with Crippen LogP contribution in [-0.2, 0) is 23.9 Å². The van der Waals surface area contributed by atoms with Gasteiger partial charge in [0.25, 0.3) is 0 Å². The molecule has 0 N–H and O–H groups in total. The summed E-state index contributed by atoms with van der Waals surface area (Å²) < 4.78 is 54.2. The lowest BCUT2D eigenvalue weighted by Gasteiger charge is -2.19. The average Bonchev–Trinajstić information content (AvgIpc) is 3.04. The highest BCUT2D eigenvalue weighted by Crippen LogP contribution is 2.32. The zero-order valence-corrected chi connectivity index (χ0v) is 17.1. The molecule has 0 unspecified atom stereocenters. The number of benzene rings is 2. The van der Waals surface area contributed by atoms with E-state index in [0.29, 0.717) is 11.3 Å². The molecule has 3 nitrogen and oxygen atoms in total. The van der Waals surface area contributed by atoms with E-state index in [1.807, 2.05) is 24.3 Å². The minimum absolute atomic E-state index is 0.0304. The van der Waals surface area contributed by atoms with Crippen molar-refractivity contribution in [1.82, 2.24) is 14.8 Å². The Labute approximate surface area is 171 Å². The van der Waals surface area contributed by atoms with Gasteiger partial charge in [0.15, 0.2) is 5.16 Å². The van der Waals surface area contributed by atoms with E-state index in [-0.39, 0.29) is 17.1 Å². The first-order chi connectivity index (χ1) is 13.5. The smallest absolute Gasteiger partial charge is 0.294 e. The van der Waals surface area contributed by atoms with E-state index < -0.39 is 17.8 Å². The number of aromatic nitrogens is 3. The van der Waals surface area contributed by atoms with Crippen LogP contribution in [0.4, 0.5) is 17.6 Å². The summed E-state index contributed by atoms with van der Waals surface area (Å²) >= 11 is 1.19. The Balaban J connectivity index is 1.81. The van der Waals surface area contributed by atoms with Gasteiger partial charge >= 0.3 is 6.18 Å². The Morgan fingerprint density at radius 2 is 1.45 bits per heavy atom. The molecule has 1 heterocycles. The summed E-state index contributed by atoms with van der Waals surface area (Å²) in [6, 6.07) is 13.3. The molecular weight excluding hydrogens is 402 g/mol. The third kappa shape index (κ3) is 5.38. The summed E-state index contributed by atoms with van der Waals surface area (Å²) in [6.07, 6.45) is -4.62. The van der Waals surface area contributed by atoms with Crippen molar-refractivity contribution in [2.75, 3.05) is 0 Å². The van der Waals surface area contributed by atoms with Gasteiger partial charge in [-0.2, -0.15) is 13.2 Å². The summed E-state index contributed by atoms with van der Waals surface area (Å²) in [5, 5.41) is 7.27. The zero-order chi connectivity index (χ0) is 21.2. The van der Waals surface area contributed by atoms with Gasteiger partial charge in [-0.1, -0.05) is 68.9 Å². The van der Waals surface area contributed by atoms with E-state index in [0.717, 1.165) is 10.1 Å². The normalized spacial score (nSPS) is 12.4. The van der Waals surface area contributed by atoms with Crippen LogP contribution in [0.15, 0.2) is 53.7 Å². The second-order valence-corrected chi connectivity index (χ2v) is 8.69. The summed E-state index contributed by atoms with van der Waals surface area (Å²) in [6.45, 7) is 6.27. The maximum atomic E-state index is 13.4. The molecule has 3 aromatic rings. The van der Waals surface area contributed by atoms with Gasteiger partial charge in [-0.25, -0.2) is 4.39 Å². The summed E-state index contributed by atoms with van der Waals surface area (Å²) in [5.41, 5.74) is 2.73. The van der Waals surface area contributed by atoms with Crippen LogP contribution in [-0.4, -0.2) is 14.8 Å². The van der Waals surface area contributed by atoms with Gasteiger partial charge in [-0.05, 0) is 34.2 Å². The molecule has 0 aliphatic rings. The van der Waals surface area contributed by atoms with Gasteiger partial charge in [0.2, 0.25) is 5.82 Å². The molecule has 154 valence electrons. The molecule has 29 heavy (non-hydrogen) atoms. The van der Waals surface area contributed by atoms with Crippen LogP contribution < -0.4 is 0 Å². The van der Waals surface area contributed by atoms with E-state index >= 15 is 0 Å². The summed E-state index contributed by atoms with van der Waals surface area (Å²) in [7, 11) is 0. The van der Waals surface area contributed by atoms with E-state index in [1.165, 1.54) is 41.6 Å². The van der Waals surface area contributed by atoms with Crippen molar-refractivity contribution < 1.29 is 17.6 Å². The maximum absolute atomic E-state index is 13.4. The van der Waals surface area contributed by atoms with Crippen molar-refractivity contribution in [3.63, 3.8) is 0 Å². The SMILES string of the molecule is CC(C)(C)c1ccc(CSc2nnc(C(F)(F)F)n2Cc2ccc(F)cc2)cc1. The molecule has 0 aliphatic heterocycles. The third-order valence-electron chi connectivity index (χ3n) is 4.41. The van der Waals surface area contributed by atoms with Crippen LogP contribution in [0, 0.1) is 5.82 Å². The number of hydrogen-bond donors (Lipinski definition) is 0. The number of hydrogen-bond acceptors (Lipinski definition) is 3. The first kappa shape index (κ1) is 21.4. The largest absolute Gasteiger partial charge is 0.451 e. The summed E-state index contributed by atoms with van der Waals surface area (Å²) in [4.78, 5) is 0. The van der Waals surface area contributed by atoms with Crippen molar-refractivity contribution >= 4 is 11.8 Å². The predicted octanol–water partition coefficient (Wildman–Crippen LogP) is 6.07. The number of nitrogens with zero attached hydrogens (tertiary/aromatic N) is 3. The van der Waals surface area contributed by atoms with Crippen molar-refractivity contribution in [2.24, 2.45) is 0 Å². The fourth-order valence-corrected chi connectivity index (χ4v) is 3.66. The van der Waals surface area contributed by atoms with Crippen molar-refractivity contribution in [2.45, 2.75) is 49.8 Å². The monoisotopic (exact) mass is 423 g/mol.